The summed E-state index contributed by atoms with van der Waals surface area (Å²) in [4.78, 5) is 28.6. The van der Waals surface area contributed by atoms with Crippen molar-refractivity contribution >= 4 is 17.5 Å². The Morgan fingerprint density at radius 3 is 2.74 bits per heavy atom. The molecule has 4 rings (SSSR count). The molecule has 4 aliphatic carbocycles. The number of aliphatic hydroxyl groups is 1. The first-order valence-electron chi connectivity index (χ1n) is 10.4. The number of carbonyl (C=O) groups excluding carboxylic acids is 1. The van der Waals surface area contributed by atoms with Gasteiger partial charge >= 0.3 is 5.97 Å². The summed E-state index contributed by atoms with van der Waals surface area (Å²) in [5, 5.41) is 23.1. The topological polar surface area (TPSA) is 96.2 Å². The van der Waals surface area contributed by atoms with Gasteiger partial charge in [-0.2, -0.15) is 0 Å². The van der Waals surface area contributed by atoms with Crippen LogP contribution >= 0.6 is 0 Å². The lowest BCUT2D eigenvalue weighted by Gasteiger charge is -2.59. The molecule has 0 aromatic heterocycles. The fourth-order valence-corrected chi connectivity index (χ4v) is 7.11. The molecule has 0 aromatic rings. The maximum absolute atomic E-state index is 12.8. The summed E-state index contributed by atoms with van der Waals surface area (Å²) in [5.74, 6) is 0.753. The molecule has 2 N–H and O–H groups in total. The number of oxime groups is 1. The number of Topliss-reactive ketones (excluding diaryl/α,β-unsaturated/α-hetero) is 1. The van der Waals surface area contributed by atoms with Crippen molar-refractivity contribution in [2.45, 2.75) is 71.3 Å². The Labute approximate surface area is 160 Å². The van der Waals surface area contributed by atoms with Crippen molar-refractivity contribution in [3.63, 3.8) is 0 Å². The molecule has 7 atom stereocenters. The third-order valence-electron chi connectivity index (χ3n) is 8.51. The molecule has 0 aliphatic heterocycles. The van der Waals surface area contributed by atoms with Crippen LogP contribution < -0.4 is 0 Å². The van der Waals surface area contributed by atoms with Crippen LogP contribution in [0.25, 0.3) is 0 Å². The molecule has 6 heteroatoms. The molecule has 27 heavy (non-hydrogen) atoms. The van der Waals surface area contributed by atoms with Crippen molar-refractivity contribution in [3.05, 3.63) is 0 Å². The second kappa shape index (κ2) is 6.57. The van der Waals surface area contributed by atoms with Gasteiger partial charge in [0.2, 0.25) is 6.61 Å². The van der Waals surface area contributed by atoms with Gasteiger partial charge in [-0.15, -0.1) is 0 Å². The fourth-order valence-electron chi connectivity index (χ4n) is 7.11. The van der Waals surface area contributed by atoms with Gasteiger partial charge in [-0.05, 0) is 68.1 Å². The van der Waals surface area contributed by atoms with E-state index in [1.807, 2.05) is 0 Å². The van der Waals surface area contributed by atoms with Gasteiger partial charge in [0.15, 0.2) is 0 Å². The van der Waals surface area contributed by atoms with Crippen LogP contribution in [-0.2, 0) is 14.4 Å². The van der Waals surface area contributed by atoms with Crippen LogP contribution in [0, 0.1) is 34.5 Å². The Morgan fingerprint density at radius 1 is 1.22 bits per heavy atom. The maximum atomic E-state index is 12.8. The Bertz CT molecular complexity index is 675. The number of hydrogen-bond acceptors (Lipinski definition) is 5. The summed E-state index contributed by atoms with van der Waals surface area (Å²) in [6.07, 6.45) is 7.06. The number of carbonyl (C=O) groups is 2. The quantitative estimate of drug-likeness (QED) is 0.737. The lowest BCUT2D eigenvalue weighted by Crippen LogP contribution is -2.55. The molecule has 150 valence electrons. The Hall–Kier alpha value is -1.43. The zero-order chi connectivity index (χ0) is 19.4. The van der Waals surface area contributed by atoms with Crippen LogP contribution in [0.2, 0.25) is 0 Å². The molecule has 4 fully saturated rings. The van der Waals surface area contributed by atoms with Crippen molar-refractivity contribution in [1.82, 2.24) is 0 Å². The van der Waals surface area contributed by atoms with Crippen molar-refractivity contribution < 1.29 is 24.6 Å². The van der Waals surface area contributed by atoms with Gasteiger partial charge in [-0.1, -0.05) is 19.0 Å². The molecule has 0 radical (unpaired) electrons. The number of rotatable bonds is 3. The molecule has 0 heterocycles. The van der Waals surface area contributed by atoms with Gasteiger partial charge in [0.25, 0.3) is 0 Å². The van der Waals surface area contributed by atoms with Gasteiger partial charge in [0, 0.05) is 17.8 Å². The van der Waals surface area contributed by atoms with E-state index in [2.05, 4.69) is 19.0 Å². The summed E-state index contributed by atoms with van der Waals surface area (Å²) in [5.41, 5.74) is 0.600. The van der Waals surface area contributed by atoms with Crippen molar-refractivity contribution in [1.29, 1.82) is 0 Å². The minimum atomic E-state index is -1.05. The molecule has 0 saturated heterocycles. The summed E-state index contributed by atoms with van der Waals surface area (Å²) < 4.78 is 0. The van der Waals surface area contributed by atoms with E-state index < -0.39 is 12.6 Å². The first-order chi connectivity index (χ1) is 12.8. The number of carboxylic acids is 1. The number of ketones is 1. The van der Waals surface area contributed by atoms with Crippen LogP contribution in [0.5, 0.6) is 0 Å². The normalized spacial score (nSPS) is 47.9. The van der Waals surface area contributed by atoms with Crippen molar-refractivity contribution in [3.8, 4) is 0 Å². The third kappa shape index (κ3) is 2.91. The third-order valence-corrected chi connectivity index (χ3v) is 8.51. The predicted molar refractivity (Wildman–Crippen MR) is 99.1 cm³/mol. The fraction of sp³-hybridized carbons (Fsp3) is 0.857. The first kappa shape index (κ1) is 18.9. The van der Waals surface area contributed by atoms with E-state index in [4.69, 9.17) is 9.94 Å². The largest absolute Gasteiger partial charge is 0.479 e. The van der Waals surface area contributed by atoms with E-state index in [1.54, 1.807) is 0 Å². The van der Waals surface area contributed by atoms with E-state index in [9.17, 15) is 14.7 Å². The van der Waals surface area contributed by atoms with E-state index in [0.29, 0.717) is 24.2 Å². The monoisotopic (exact) mass is 377 g/mol. The lowest BCUT2D eigenvalue weighted by molar-refractivity contribution is -0.142. The summed E-state index contributed by atoms with van der Waals surface area (Å²) in [6.45, 7) is 4.01. The molecular weight excluding hydrogens is 346 g/mol. The number of nitrogens with zero attached hydrogens (tertiary/aromatic N) is 1. The first-order valence-corrected chi connectivity index (χ1v) is 10.4. The van der Waals surface area contributed by atoms with Crippen LogP contribution in [0.4, 0.5) is 0 Å². The highest BCUT2D eigenvalue weighted by Gasteiger charge is 2.62. The van der Waals surface area contributed by atoms with Crippen LogP contribution in [0.15, 0.2) is 5.16 Å². The zero-order valence-corrected chi connectivity index (χ0v) is 16.3. The number of hydrogen-bond donors (Lipinski definition) is 2. The Morgan fingerprint density at radius 2 is 2.00 bits per heavy atom. The minimum Gasteiger partial charge on any atom is -0.479 e. The van der Waals surface area contributed by atoms with Gasteiger partial charge in [-0.25, -0.2) is 4.79 Å². The van der Waals surface area contributed by atoms with Crippen LogP contribution in [-0.4, -0.2) is 40.4 Å². The van der Waals surface area contributed by atoms with Crippen molar-refractivity contribution in [2.24, 2.45) is 39.7 Å². The molecule has 0 aromatic carbocycles. The van der Waals surface area contributed by atoms with Crippen molar-refractivity contribution in [2.75, 3.05) is 6.61 Å². The molecule has 4 saturated carbocycles. The summed E-state index contributed by atoms with van der Waals surface area (Å²) in [7, 11) is 0. The van der Waals surface area contributed by atoms with E-state index in [-0.39, 0.29) is 28.6 Å². The molecule has 4 aliphatic rings. The Balaban J connectivity index is 1.63. The highest BCUT2D eigenvalue weighted by atomic mass is 16.6. The molecular formula is C21H31NO5. The molecule has 6 nitrogen and oxygen atoms in total. The second-order valence-corrected chi connectivity index (χ2v) is 9.76. The average Bonchev–Trinajstić information content (AvgIpc) is 2.86. The van der Waals surface area contributed by atoms with E-state index in [1.165, 1.54) is 0 Å². The summed E-state index contributed by atoms with van der Waals surface area (Å²) >= 11 is 0. The average molecular weight is 377 g/mol. The Kier molecular flexibility index (Phi) is 4.60. The van der Waals surface area contributed by atoms with Crippen LogP contribution in [0.3, 0.4) is 0 Å². The van der Waals surface area contributed by atoms with Gasteiger partial charge in [0.1, 0.15) is 5.78 Å². The highest BCUT2D eigenvalue weighted by Crippen LogP contribution is 2.64. The number of fused-ring (bicyclic) bond motifs is 5. The molecule has 0 amide bonds. The van der Waals surface area contributed by atoms with Crippen LogP contribution in [0.1, 0.15) is 65.2 Å². The van der Waals surface area contributed by atoms with E-state index >= 15 is 0 Å². The maximum Gasteiger partial charge on any atom is 0.344 e. The predicted octanol–water partition coefficient (Wildman–Crippen LogP) is 3.03. The number of aliphatic hydroxyl groups excluding tert-OH is 1. The number of aliphatic carboxylic acids is 1. The lowest BCUT2D eigenvalue weighted by atomic mass is 9.45. The standard InChI is InChI=1S/C21H31NO5/c1-20-7-5-13(23)9-12(20)3-4-14-15(20)6-8-21(2)17(24)10-16(19(14)21)22-27-11-18(25)26/h12-15,19,23H,3-11H2,1-2H3,(H,25,26)/b22-16+. The zero-order valence-electron chi connectivity index (χ0n) is 16.3. The van der Waals surface area contributed by atoms with Gasteiger partial charge < -0.3 is 15.1 Å². The summed E-state index contributed by atoms with van der Waals surface area (Å²) in [6, 6.07) is 0. The molecule has 7 unspecified atom stereocenters. The van der Waals surface area contributed by atoms with Gasteiger partial charge in [0.05, 0.1) is 11.8 Å². The van der Waals surface area contributed by atoms with E-state index in [0.717, 1.165) is 50.7 Å². The van der Waals surface area contributed by atoms with Gasteiger partial charge in [-0.3, -0.25) is 4.79 Å². The minimum absolute atomic E-state index is 0.0715. The molecule has 0 spiro atoms. The smallest absolute Gasteiger partial charge is 0.344 e. The molecule has 0 bridgehead atoms. The second-order valence-electron chi connectivity index (χ2n) is 9.76. The number of carboxylic acid groups (broad SMARTS) is 1. The highest BCUT2D eigenvalue weighted by molar-refractivity contribution is 6.13. The SMILES string of the molecule is CC12CCC3C(CCC4CC(O)CCC43C)C1/C(=N/OCC(=O)O)CC2=O.